The normalized spacial score (nSPS) is 10.8. The molecule has 2 aromatic rings. The van der Waals surface area contributed by atoms with Crippen molar-refractivity contribution in [2.24, 2.45) is 0 Å². The average molecular weight is 260 g/mol. The van der Waals surface area contributed by atoms with Crippen LogP contribution in [0.15, 0.2) is 24.5 Å². The fourth-order valence-electron chi connectivity index (χ4n) is 2.11. The molecule has 3 N–H and O–H groups in total. The minimum absolute atomic E-state index is 0.109. The van der Waals surface area contributed by atoms with Crippen LogP contribution in [-0.4, -0.2) is 34.8 Å². The molecule has 0 aliphatic rings. The highest BCUT2D eigenvalue weighted by Crippen LogP contribution is 2.25. The number of benzene rings is 1. The van der Waals surface area contributed by atoms with Gasteiger partial charge < -0.3 is 15.7 Å². The van der Waals surface area contributed by atoms with Crippen LogP contribution in [0.1, 0.15) is 19.8 Å². The minimum Gasteiger partial charge on any atom is -0.399 e. The van der Waals surface area contributed by atoms with E-state index in [1.165, 1.54) is 0 Å². The van der Waals surface area contributed by atoms with Gasteiger partial charge in [0.05, 0.1) is 12.1 Å². The largest absolute Gasteiger partial charge is 0.399 e. The first-order chi connectivity index (χ1) is 9.26. The fraction of sp³-hybridized carbons (Fsp3) is 0.429. The maximum atomic E-state index is 9.21. The number of hydrogen-bond donors (Lipinski definition) is 2. The molecule has 0 radical (unpaired) electrons. The van der Waals surface area contributed by atoms with Crippen LogP contribution in [0, 0.1) is 0 Å². The van der Waals surface area contributed by atoms with Crippen molar-refractivity contribution in [3.05, 3.63) is 24.5 Å². The van der Waals surface area contributed by atoms with Crippen LogP contribution in [0.2, 0.25) is 0 Å². The molecule has 0 saturated heterocycles. The van der Waals surface area contributed by atoms with E-state index in [1.807, 2.05) is 18.2 Å². The Bertz CT molecular complexity index is 544. The first kappa shape index (κ1) is 13.5. The summed E-state index contributed by atoms with van der Waals surface area (Å²) >= 11 is 0. The molecular weight excluding hydrogens is 240 g/mol. The van der Waals surface area contributed by atoms with Crippen molar-refractivity contribution in [2.45, 2.75) is 19.8 Å². The van der Waals surface area contributed by atoms with Crippen LogP contribution in [0.5, 0.6) is 0 Å². The number of unbranched alkanes of at least 4 members (excludes halogenated alkanes) is 1. The first-order valence-corrected chi connectivity index (χ1v) is 6.62. The highest BCUT2D eigenvalue weighted by Gasteiger charge is 2.11. The number of aliphatic hydroxyl groups excluding tert-OH is 1. The van der Waals surface area contributed by atoms with Gasteiger partial charge in [0, 0.05) is 24.2 Å². The van der Waals surface area contributed by atoms with E-state index in [4.69, 9.17) is 5.73 Å². The molecule has 0 spiro atoms. The van der Waals surface area contributed by atoms with Crippen LogP contribution in [0.25, 0.3) is 10.9 Å². The lowest BCUT2D eigenvalue weighted by molar-refractivity contribution is 0.301. The van der Waals surface area contributed by atoms with Gasteiger partial charge in [-0.3, -0.25) is 0 Å². The third kappa shape index (κ3) is 3.12. The van der Waals surface area contributed by atoms with Crippen LogP contribution in [-0.2, 0) is 0 Å². The Kier molecular flexibility index (Phi) is 4.52. The van der Waals surface area contributed by atoms with Crippen LogP contribution < -0.4 is 10.6 Å². The van der Waals surface area contributed by atoms with Crippen molar-refractivity contribution in [3.8, 4) is 0 Å². The molecule has 1 heterocycles. The summed E-state index contributed by atoms with van der Waals surface area (Å²) in [4.78, 5) is 10.7. The smallest absolute Gasteiger partial charge is 0.140 e. The van der Waals surface area contributed by atoms with Crippen LogP contribution in [0.4, 0.5) is 11.5 Å². The Labute approximate surface area is 113 Å². The summed E-state index contributed by atoms with van der Waals surface area (Å²) in [5.74, 6) is 0.847. The van der Waals surface area contributed by atoms with Crippen LogP contribution >= 0.6 is 0 Å². The molecule has 0 saturated carbocycles. The summed E-state index contributed by atoms with van der Waals surface area (Å²) < 4.78 is 0. The van der Waals surface area contributed by atoms with Crippen molar-refractivity contribution in [1.82, 2.24) is 9.97 Å². The van der Waals surface area contributed by atoms with E-state index in [9.17, 15) is 5.11 Å². The zero-order valence-electron chi connectivity index (χ0n) is 11.2. The molecule has 102 valence electrons. The number of fused-ring (bicyclic) bond motifs is 1. The van der Waals surface area contributed by atoms with E-state index in [0.29, 0.717) is 12.2 Å². The standard InChI is InChI=1S/C14H20N4O/c1-2-3-6-18(7-8-19)14-12-9-11(15)4-5-13(12)16-10-17-14/h4-5,9-10,19H,2-3,6-8,15H2,1H3. The number of rotatable bonds is 6. The molecule has 19 heavy (non-hydrogen) atoms. The number of anilines is 2. The predicted molar refractivity (Wildman–Crippen MR) is 78.2 cm³/mol. The van der Waals surface area contributed by atoms with Crippen LogP contribution in [0.3, 0.4) is 0 Å². The molecular formula is C14H20N4O. The molecule has 0 aliphatic heterocycles. The van der Waals surface area contributed by atoms with E-state index < -0.39 is 0 Å². The zero-order valence-corrected chi connectivity index (χ0v) is 11.2. The molecule has 5 heteroatoms. The molecule has 0 bridgehead atoms. The van der Waals surface area contributed by atoms with Gasteiger partial charge in [-0.05, 0) is 24.6 Å². The molecule has 2 rings (SSSR count). The molecule has 0 atom stereocenters. The average Bonchev–Trinajstić information content (AvgIpc) is 2.43. The van der Waals surface area contributed by atoms with E-state index >= 15 is 0 Å². The summed E-state index contributed by atoms with van der Waals surface area (Å²) in [6, 6.07) is 5.62. The third-order valence-corrected chi connectivity index (χ3v) is 3.09. The molecule has 0 unspecified atom stereocenters. The van der Waals surface area contributed by atoms with Gasteiger partial charge >= 0.3 is 0 Å². The van der Waals surface area contributed by atoms with Crippen molar-refractivity contribution in [2.75, 3.05) is 30.3 Å². The Morgan fingerprint density at radius 1 is 1.26 bits per heavy atom. The van der Waals surface area contributed by atoms with Crippen molar-refractivity contribution in [3.63, 3.8) is 0 Å². The molecule has 1 aromatic heterocycles. The van der Waals surface area contributed by atoms with Gasteiger partial charge in [0.25, 0.3) is 0 Å². The van der Waals surface area contributed by atoms with Crippen molar-refractivity contribution in [1.29, 1.82) is 0 Å². The third-order valence-electron chi connectivity index (χ3n) is 3.09. The lowest BCUT2D eigenvalue weighted by Gasteiger charge is -2.23. The van der Waals surface area contributed by atoms with E-state index in [2.05, 4.69) is 21.8 Å². The lowest BCUT2D eigenvalue weighted by atomic mass is 10.2. The second kappa shape index (κ2) is 6.33. The van der Waals surface area contributed by atoms with Gasteiger partial charge in [0.1, 0.15) is 12.1 Å². The number of nitrogens with zero attached hydrogens (tertiary/aromatic N) is 3. The maximum Gasteiger partial charge on any atom is 0.140 e. The minimum atomic E-state index is 0.109. The molecule has 0 amide bonds. The van der Waals surface area contributed by atoms with E-state index in [0.717, 1.165) is 36.1 Å². The number of aliphatic hydroxyl groups is 1. The lowest BCUT2D eigenvalue weighted by Crippen LogP contribution is -2.28. The zero-order chi connectivity index (χ0) is 13.7. The summed E-state index contributed by atoms with van der Waals surface area (Å²) in [5.41, 5.74) is 7.41. The van der Waals surface area contributed by atoms with Gasteiger partial charge in [-0.1, -0.05) is 13.3 Å². The highest BCUT2D eigenvalue weighted by molar-refractivity contribution is 5.91. The molecule has 0 aliphatic carbocycles. The summed E-state index contributed by atoms with van der Waals surface area (Å²) in [6.45, 7) is 3.70. The highest BCUT2D eigenvalue weighted by atomic mass is 16.3. The molecule has 1 aromatic carbocycles. The topological polar surface area (TPSA) is 75.3 Å². The van der Waals surface area contributed by atoms with Gasteiger partial charge in [0.2, 0.25) is 0 Å². The second-order valence-corrected chi connectivity index (χ2v) is 4.54. The van der Waals surface area contributed by atoms with Gasteiger partial charge in [-0.2, -0.15) is 0 Å². The fourth-order valence-corrected chi connectivity index (χ4v) is 2.11. The monoisotopic (exact) mass is 260 g/mol. The van der Waals surface area contributed by atoms with Gasteiger partial charge in [-0.15, -0.1) is 0 Å². The first-order valence-electron chi connectivity index (χ1n) is 6.62. The van der Waals surface area contributed by atoms with E-state index in [-0.39, 0.29) is 6.61 Å². The van der Waals surface area contributed by atoms with E-state index in [1.54, 1.807) is 6.33 Å². The van der Waals surface area contributed by atoms with Gasteiger partial charge in [-0.25, -0.2) is 9.97 Å². The van der Waals surface area contributed by atoms with Crippen molar-refractivity contribution >= 4 is 22.4 Å². The Morgan fingerprint density at radius 2 is 2.11 bits per heavy atom. The second-order valence-electron chi connectivity index (χ2n) is 4.54. The maximum absolute atomic E-state index is 9.21. The van der Waals surface area contributed by atoms with Crippen molar-refractivity contribution < 1.29 is 5.11 Å². The molecule has 5 nitrogen and oxygen atoms in total. The number of nitrogen functional groups attached to an aromatic ring is 1. The summed E-state index contributed by atoms with van der Waals surface area (Å²) in [5, 5.41) is 10.2. The number of hydrogen-bond acceptors (Lipinski definition) is 5. The SMILES string of the molecule is CCCCN(CCO)c1ncnc2ccc(N)cc12. The Hall–Kier alpha value is -1.88. The predicted octanol–water partition coefficient (Wildman–Crippen LogP) is 1.81. The summed E-state index contributed by atoms with van der Waals surface area (Å²) in [7, 11) is 0. The number of nitrogens with two attached hydrogens (primary N) is 1. The Morgan fingerprint density at radius 3 is 2.84 bits per heavy atom. The molecule has 0 fully saturated rings. The number of aromatic nitrogens is 2. The quantitative estimate of drug-likeness (QED) is 0.775. The Balaban J connectivity index is 2.42. The summed E-state index contributed by atoms with van der Waals surface area (Å²) in [6.07, 6.45) is 3.73. The van der Waals surface area contributed by atoms with Gasteiger partial charge in [0.15, 0.2) is 0 Å².